The van der Waals surface area contributed by atoms with E-state index in [1.54, 1.807) is 0 Å². The van der Waals surface area contributed by atoms with E-state index in [2.05, 4.69) is 9.46 Å². The minimum atomic E-state index is -4.76. The molecule has 1 rings (SSSR count). The standard InChI is InChI=1S/C13H18F3NO2S.2C2H6/c1-5-12(3,4)17-20(18)10-7-6-9(2)11(8-10)19-13(14,15)16;2*1-2/h6-8,17H,5H2,1-4H3;2*1-2H3. The number of benzene rings is 1. The van der Waals surface area contributed by atoms with Gasteiger partial charge in [-0.15, -0.1) is 13.2 Å². The predicted molar refractivity (Wildman–Crippen MR) is 94.5 cm³/mol. The first-order chi connectivity index (χ1) is 11.0. The highest BCUT2D eigenvalue weighted by molar-refractivity contribution is 7.83. The average Bonchev–Trinajstić information content (AvgIpc) is 2.51. The van der Waals surface area contributed by atoms with Crippen molar-refractivity contribution >= 4 is 11.0 Å². The average molecular weight is 369 g/mol. The van der Waals surface area contributed by atoms with Gasteiger partial charge in [0.25, 0.3) is 0 Å². The molecule has 1 aromatic rings. The Morgan fingerprint density at radius 1 is 1.12 bits per heavy atom. The normalized spacial score (nSPS) is 12.3. The van der Waals surface area contributed by atoms with E-state index in [1.807, 2.05) is 48.5 Å². The van der Waals surface area contributed by atoms with Crippen molar-refractivity contribution in [3.05, 3.63) is 23.8 Å². The van der Waals surface area contributed by atoms with Crippen LogP contribution in [0.2, 0.25) is 0 Å². The fourth-order valence-electron chi connectivity index (χ4n) is 1.31. The van der Waals surface area contributed by atoms with Gasteiger partial charge in [0, 0.05) is 5.54 Å². The van der Waals surface area contributed by atoms with Gasteiger partial charge in [0.05, 0.1) is 4.90 Å². The zero-order valence-corrected chi connectivity index (χ0v) is 16.6. The van der Waals surface area contributed by atoms with Crippen LogP contribution in [0.1, 0.15) is 60.5 Å². The van der Waals surface area contributed by atoms with Crippen molar-refractivity contribution in [3.63, 3.8) is 0 Å². The van der Waals surface area contributed by atoms with Crippen molar-refractivity contribution < 1.29 is 22.1 Å². The smallest absolute Gasteiger partial charge is 0.405 e. The third-order valence-electron chi connectivity index (χ3n) is 2.85. The molecule has 0 saturated heterocycles. The molecule has 0 amide bonds. The molecule has 0 spiro atoms. The first-order valence-corrected chi connectivity index (χ1v) is 9.25. The zero-order chi connectivity index (χ0) is 19.6. The number of ether oxygens (including phenoxy) is 1. The van der Waals surface area contributed by atoms with Crippen molar-refractivity contribution in [2.45, 2.75) is 78.6 Å². The van der Waals surface area contributed by atoms with Gasteiger partial charge in [-0.05, 0) is 44.9 Å². The van der Waals surface area contributed by atoms with Crippen molar-refractivity contribution in [2.24, 2.45) is 0 Å². The number of nitrogens with one attached hydrogen (secondary N) is 1. The van der Waals surface area contributed by atoms with Crippen LogP contribution in [0.5, 0.6) is 5.75 Å². The number of hydrogen-bond donors (Lipinski definition) is 1. The summed E-state index contributed by atoms with van der Waals surface area (Å²) in [5, 5.41) is 0. The van der Waals surface area contributed by atoms with Crippen LogP contribution in [0, 0.1) is 6.92 Å². The number of rotatable bonds is 5. The van der Waals surface area contributed by atoms with E-state index in [4.69, 9.17) is 0 Å². The Morgan fingerprint density at radius 2 is 1.62 bits per heavy atom. The summed E-state index contributed by atoms with van der Waals surface area (Å²) < 4.78 is 55.7. The SMILES string of the molecule is CC.CC.CCC(C)(C)NS(=O)c1ccc(C)c(OC(F)(F)F)c1. The Morgan fingerprint density at radius 3 is 2.04 bits per heavy atom. The highest BCUT2D eigenvalue weighted by Crippen LogP contribution is 2.28. The van der Waals surface area contributed by atoms with Crippen molar-refractivity contribution in [1.29, 1.82) is 0 Å². The van der Waals surface area contributed by atoms with Crippen molar-refractivity contribution in [2.75, 3.05) is 0 Å². The van der Waals surface area contributed by atoms with E-state index >= 15 is 0 Å². The summed E-state index contributed by atoms with van der Waals surface area (Å²) in [4.78, 5) is 0.247. The van der Waals surface area contributed by atoms with Gasteiger partial charge in [0.15, 0.2) is 0 Å². The summed E-state index contributed by atoms with van der Waals surface area (Å²) in [6.45, 7) is 15.2. The lowest BCUT2D eigenvalue weighted by Gasteiger charge is -2.23. The van der Waals surface area contributed by atoms with Crippen molar-refractivity contribution in [3.8, 4) is 5.75 Å². The quantitative estimate of drug-likeness (QED) is 0.718. The van der Waals surface area contributed by atoms with Gasteiger partial charge in [-0.1, -0.05) is 40.7 Å². The number of aryl methyl sites for hydroxylation is 1. The monoisotopic (exact) mass is 369 g/mol. The van der Waals surface area contributed by atoms with E-state index in [9.17, 15) is 17.4 Å². The summed E-state index contributed by atoms with van der Waals surface area (Å²) in [5.41, 5.74) is -0.0429. The van der Waals surface area contributed by atoms with Crippen LogP contribution in [0.25, 0.3) is 0 Å². The van der Waals surface area contributed by atoms with Gasteiger partial charge in [-0.25, -0.2) is 8.93 Å². The summed E-state index contributed by atoms with van der Waals surface area (Å²) in [6.07, 6.45) is -4.03. The Kier molecular flexibility index (Phi) is 12.0. The summed E-state index contributed by atoms with van der Waals surface area (Å²) in [5.74, 6) is -0.334. The van der Waals surface area contributed by atoms with Crippen LogP contribution in [0.4, 0.5) is 13.2 Å². The molecule has 0 fully saturated rings. The topological polar surface area (TPSA) is 38.3 Å². The number of hydrogen-bond acceptors (Lipinski definition) is 2. The van der Waals surface area contributed by atoms with Gasteiger partial charge in [-0.2, -0.15) is 0 Å². The van der Waals surface area contributed by atoms with Crippen LogP contribution in [-0.2, 0) is 11.0 Å². The molecule has 1 unspecified atom stereocenters. The lowest BCUT2D eigenvalue weighted by atomic mass is 10.0. The molecule has 3 nitrogen and oxygen atoms in total. The Bertz CT molecular complexity index is 503. The van der Waals surface area contributed by atoms with Gasteiger partial charge in [0.1, 0.15) is 16.7 Å². The molecule has 7 heteroatoms. The van der Waals surface area contributed by atoms with E-state index in [-0.39, 0.29) is 16.2 Å². The molecule has 0 aromatic heterocycles. The van der Waals surface area contributed by atoms with Crippen LogP contribution >= 0.6 is 0 Å². The Labute approximate surface area is 146 Å². The third kappa shape index (κ3) is 9.93. The molecule has 0 aliphatic carbocycles. The van der Waals surface area contributed by atoms with Gasteiger partial charge < -0.3 is 4.74 Å². The minimum Gasteiger partial charge on any atom is -0.405 e. The van der Waals surface area contributed by atoms with Crippen LogP contribution in [-0.4, -0.2) is 16.1 Å². The maximum Gasteiger partial charge on any atom is 0.573 e. The number of alkyl halides is 3. The van der Waals surface area contributed by atoms with E-state index in [0.29, 0.717) is 5.56 Å². The van der Waals surface area contributed by atoms with Gasteiger partial charge in [0.2, 0.25) is 0 Å². The van der Waals surface area contributed by atoms with Crippen LogP contribution in [0.3, 0.4) is 0 Å². The summed E-state index contributed by atoms with van der Waals surface area (Å²) in [7, 11) is -1.60. The second kappa shape index (κ2) is 11.5. The predicted octanol–water partition coefficient (Wildman–Crippen LogP) is 5.75. The molecule has 142 valence electrons. The lowest BCUT2D eigenvalue weighted by molar-refractivity contribution is -0.274. The zero-order valence-electron chi connectivity index (χ0n) is 15.8. The fourth-order valence-corrected chi connectivity index (χ4v) is 2.48. The molecule has 1 atom stereocenters. The molecule has 0 heterocycles. The molecule has 0 aliphatic rings. The molecule has 0 bridgehead atoms. The first-order valence-electron chi connectivity index (χ1n) is 8.10. The molecule has 0 saturated carbocycles. The second-order valence-corrected chi connectivity index (χ2v) is 6.30. The van der Waals surface area contributed by atoms with Gasteiger partial charge in [-0.3, -0.25) is 0 Å². The highest BCUT2D eigenvalue weighted by atomic mass is 32.2. The molecular formula is C17H30F3NO2S. The first kappa shape index (κ1) is 25.2. The maximum atomic E-state index is 12.3. The minimum absolute atomic E-state index is 0.247. The molecule has 0 radical (unpaired) electrons. The molecule has 1 N–H and O–H groups in total. The van der Waals surface area contributed by atoms with Crippen molar-refractivity contribution in [1.82, 2.24) is 4.72 Å². The summed E-state index contributed by atoms with van der Waals surface area (Å²) in [6, 6.07) is 4.13. The molecule has 24 heavy (non-hydrogen) atoms. The Balaban J connectivity index is 0. The van der Waals surface area contributed by atoms with E-state index in [0.717, 1.165) is 12.5 Å². The highest BCUT2D eigenvalue weighted by Gasteiger charge is 2.32. The molecule has 0 aliphatic heterocycles. The Hall–Kier alpha value is -1.08. The largest absolute Gasteiger partial charge is 0.573 e. The van der Waals surface area contributed by atoms with Gasteiger partial charge >= 0.3 is 6.36 Å². The van der Waals surface area contributed by atoms with Crippen LogP contribution < -0.4 is 9.46 Å². The summed E-state index contributed by atoms with van der Waals surface area (Å²) >= 11 is 0. The van der Waals surface area contributed by atoms with E-state index in [1.165, 1.54) is 19.1 Å². The fraction of sp³-hybridized carbons (Fsp3) is 0.647. The van der Waals surface area contributed by atoms with E-state index < -0.39 is 17.3 Å². The lowest BCUT2D eigenvalue weighted by Crippen LogP contribution is -2.39. The second-order valence-electron chi connectivity index (χ2n) is 5.08. The maximum absolute atomic E-state index is 12.3. The number of halogens is 3. The van der Waals surface area contributed by atoms with Crippen LogP contribution in [0.15, 0.2) is 23.1 Å². The molecular weight excluding hydrogens is 339 g/mol. The third-order valence-corrected chi connectivity index (χ3v) is 4.27. The molecule has 1 aromatic carbocycles.